The third-order valence-electron chi connectivity index (χ3n) is 5.86. The van der Waals surface area contributed by atoms with Crippen LogP contribution in [0.5, 0.6) is 5.75 Å². The molecule has 12 heteroatoms. The maximum absolute atomic E-state index is 13.0. The number of carbonyl (C=O) groups is 2. The van der Waals surface area contributed by atoms with Gasteiger partial charge >= 0.3 is 0 Å². The first kappa shape index (κ1) is 23.9. The van der Waals surface area contributed by atoms with Gasteiger partial charge in [0.1, 0.15) is 12.3 Å². The zero-order chi connectivity index (χ0) is 23.3. The van der Waals surface area contributed by atoms with E-state index in [9.17, 15) is 18.0 Å². The fraction of sp³-hybridized carbons (Fsp3) is 0.619. The summed E-state index contributed by atoms with van der Waals surface area (Å²) >= 11 is 0. The van der Waals surface area contributed by atoms with Crippen molar-refractivity contribution in [3.63, 3.8) is 0 Å². The molecule has 2 amide bonds. The Bertz CT molecular complexity index is 959. The summed E-state index contributed by atoms with van der Waals surface area (Å²) in [6.45, 7) is 5.41. The molecule has 2 saturated heterocycles. The van der Waals surface area contributed by atoms with Gasteiger partial charge in [-0.2, -0.15) is 4.31 Å². The number of nitrogens with zero attached hydrogens (tertiary/aromatic N) is 3. The molecule has 0 aliphatic carbocycles. The van der Waals surface area contributed by atoms with E-state index in [1.807, 2.05) is 0 Å². The first-order valence-electron chi connectivity index (χ1n) is 11.2. The van der Waals surface area contributed by atoms with Gasteiger partial charge in [-0.3, -0.25) is 19.4 Å². The minimum absolute atomic E-state index is 0.0531. The van der Waals surface area contributed by atoms with Gasteiger partial charge in [0.2, 0.25) is 15.9 Å². The fourth-order valence-corrected chi connectivity index (χ4v) is 5.44. The highest BCUT2D eigenvalue weighted by molar-refractivity contribution is 7.89. The summed E-state index contributed by atoms with van der Waals surface area (Å²) in [5.74, 6) is -0.331. The predicted octanol–water partition coefficient (Wildman–Crippen LogP) is -0.729. The van der Waals surface area contributed by atoms with E-state index in [1.165, 1.54) is 27.4 Å². The van der Waals surface area contributed by atoms with Crippen molar-refractivity contribution in [1.82, 2.24) is 14.5 Å². The maximum Gasteiger partial charge on any atom is 0.265 e. The highest BCUT2D eigenvalue weighted by Crippen LogP contribution is 2.35. The average Bonchev–Trinajstić information content (AvgIpc) is 2.84. The number of carbonyl (C=O) groups excluding carboxylic acids is 2. The van der Waals surface area contributed by atoms with Crippen LogP contribution in [0.1, 0.15) is 6.42 Å². The van der Waals surface area contributed by atoms with Crippen LogP contribution in [-0.2, 0) is 29.1 Å². The van der Waals surface area contributed by atoms with E-state index in [1.54, 1.807) is 0 Å². The first-order valence-corrected chi connectivity index (χ1v) is 12.6. The molecule has 3 aliphatic rings. The van der Waals surface area contributed by atoms with Gasteiger partial charge in [-0.25, -0.2) is 8.42 Å². The molecule has 0 radical (unpaired) electrons. The van der Waals surface area contributed by atoms with E-state index in [4.69, 9.17) is 14.2 Å². The molecule has 33 heavy (non-hydrogen) atoms. The van der Waals surface area contributed by atoms with Gasteiger partial charge in [-0.15, -0.1) is 0 Å². The van der Waals surface area contributed by atoms with Crippen LogP contribution in [0.2, 0.25) is 0 Å². The van der Waals surface area contributed by atoms with Crippen molar-refractivity contribution in [3.05, 3.63) is 18.2 Å². The second-order valence-corrected chi connectivity index (χ2v) is 10.0. The van der Waals surface area contributed by atoms with Gasteiger partial charge in [0.15, 0.2) is 6.61 Å². The van der Waals surface area contributed by atoms with Crippen molar-refractivity contribution in [3.8, 4) is 5.75 Å². The van der Waals surface area contributed by atoms with Gasteiger partial charge in [0, 0.05) is 32.7 Å². The van der Waals surface area contributed by atoms with E-state index in [-0.39, 0.29) is 42.7 Å². The molecule has 0 spiro atoms. The van der Waals surface area contributed by atoms with Gasteiger partial charge in [-0.1, -0.05) is 0 Å². The Hall–Kier alpha value is -2.25. The zero-order valence-corrected chi connectivity index (χ0v) is 19.3. The smallest absolute Gasteiger partial charge is 0.265 e. The van der Waals surface area contributed by atoms with Crippen LogP contribution in [0, 0.1) is 0 Å². The molecule has 3 heterocycles. The van der Waals surface area contributed by atoms with E-state index < -0.39 is 15.9 Å². The summed E-state index contributed by atoms with van der Waals surface area (Å²) < 4.78 is 43.4. The number of hydrogen-bond acceptors (Lipinski definition) is 8. The molecule has 182 valence electrons. The van der Waals surface area contributed by atoms with Crippen LogP contribution in [0.4, 0.5) is 5.69 Å². The first-order chi connectivity index (χ1) is 15.9. The Labute approximate surface area is 193 Å². The summed E-state index contributed by atoms with van der Waals surface area (Å²) in [7, 11) is -3.75. The van der Waals surface area contributed by atoms with Crippen molar-refractivity contribution >= 4 is 27.5 Å². The van der Waals surface area contributed by atoms with Gasteiger partial charge < -0.3 is 19.5 Å². The van der Waals surface area contributed by atoms with Crippen molar-refractivity contribution < 1.29 is 32.2 Å². The topological polar surface area (TPSA) is 118 Å². The molecule has 2 fully saturated rings. The van der Waals surface area contributed by atoms with Gasteiger partial charge in [0.25, 0.3) is 5.91 Å². The SMILES string of the molecule is O=C(CN1C(=O)COc2ccc(S(=O)(=O)N3CCOCC3)cc21)NCCCN1CCOCC1. The van der Waals surface area contributed by atoms with Crippen molar-refractivity contribution in [2.24, 2.45) is 0 Å². The molecule has 1 N–H and O–H groups in total. The zero-order valence-electron chi connectivity index (χ0n) is 18.5. The summed E-state index contributed by atoms with van der Waals surface area (Å²) in [4.78, 5) is 28.7. The lowest BCUT2D eigenvalue weighted by molar-refractivity contribution is -0.125. The summed E-state index contributed by atoms with van der Waals surface area (Å²) in [6.07, 6.45) is 0.793. The molecular formula is C21H30N4O7S. The fourth-order valence-electron chi connectivity index (χ4n) is 4.01. The van der Waals surface area contributed by atoms with Gasteiger partial charge in [0.05, 0.1) is 37.0 Å². The summed E-state index contributed by atoms with van der Waals surface area (Å²) in [5.41, 5.74) is 0.282. The third-order valence-corrected chi connectivity index (χ3v) is 7.75. The molecule has 3 aliphatic heterocycles. The number of morpholine rings is 2. The Morgan fingerprint density at radius 3 is 2.45 bits per heavy atom. The minimum Gasteiger partial charge on any atom is -0.482 e. The van der Waals surface area contributed by atoms with Gasteiger partial charge in [-0.05, 0) is 31.2 Å². The van der Waals surface area contributed by atoms with Crippen LogP contribution in [-0.4, -0.2) is 108 Å². The number of amides is 2. The number of benzene rings is 1. The highest BCUT2D eigenvalue weighted by Gasteiger charge is 2.31. The number of hydrogen-bond donors (Lipinski definition) is 1. The quantitative estimate of drug-likeness (QED) is 0.482. The third kappa shape index (κ3) is 5.82. The molecule has 11 nitrogen and oxygen atoms in total. The average molecular weight is 483 g/mol. The predicted molar refractivity (Wildman–Crippen MR) is 119 cm³/mol. The number of rotatable bonds is 8. The maximum atomic E-state index is 13.0. The van der Waals surface area contributed by atoms with E-state index >= 15 is 0 Å². The number of ether oxygens (including phenoxy) is 3. The monoisotopic (exact) mass is 482 g/mol. The lowest BCUT2D eigenvalue weighted by Crippen LogP contribution is -2.46. The van der Waals surface area contributed by atoms with E-state index in [0.29, 0.717) is 25.5 Å². The van der Waals surface area contributed by atoms with Crippen LogP contribution >= 0.6 is 0 Å². The second-order valence-electron chi connectivity index (χ2n) is 8.07. The molecule has 4 rings (SSSR count). The highest BCUT2D eigenvalue weighted by atomic mass is 32.2. The normalized spacial score (nSPS) is 20.2. The van der Waals surface area contributed by atoms with Crippen molar-refractivity contribution in [2.75, 3.05) is 83.7 Å². The molecule has 0 saturated carbocycles. The Kier molecular flexibility index (Phi) is 7.81. The molecule has 1 aromatic rings. The lowest BCUT2D eigenvalue weighted by atomic mass is 10.2. The summed E-state index contributed by atoms with van der Waals surface area (Å²) in [6, 6.07) is 4.40. The molecule has 0 bridgehead atoms. The largest absolute Gasteiger partial charge is 0.482 e. The Balaban J connectivity index is 1.39. The number of fused-ring (bicyclic) bond motifs is 1. The van der Waals surface area contributed by atoms with Crippen LogP contribution < -0.4 is 15.0 Å². The number of nitrogens with one attached hydrogen (secondary N) is 1. The molecule has 1 aromatic carbocycles. The number of sulfonamides is 1. The Morgan fingerprint density at radius 2 is 1.73 bits per heavy atom. The molecule has 0 unspecified atom stereocenters. The second kappa shape index (κ2) is 10.8. The molecule has 0 aromatic heterocycles. The van der Waals surface area contributed by atoms with Crippen LogP contribution in [0.15, 0.2) is 23.1 Å². The molecule has 0 atom stereocenters. The van der Waals surface area contributed by atoms with E-state index in [2.05, 4.69) is 10.2 Å². The lowest BCUT2D eigenvalue weighted by Gasteiger charge is -2.30. The van der Waals surface area contributed by atoms with Crippen molar-refractivity contribution in [1.29, 1.82) is 0 Å². The van der Waals surface area contributed by atoms with Crippen molar-refractivity contribution in [2.45, 2.75) is 11.3 Å². The van der Waals surface area contributed by atoms with Crippen LogP contribution in [0.3, 0.4) is 0 Å². The standard InChI is InChI=1S/C21H30N4O7S/c26-20(22-4-1-5-23-6-10-30-11-7-23)15-25-18-14-17(2-3-19(18)32-16-21(25)27)33(28,29)24-8-12-31-13-9-24/h2-3,14H,1,4-13,15-16H2,(H,22,26). The minimum atomic E-state index is -3.75. The Morgan fingerprint density at radius 1 is 1.03 bits per heavy atom. The number of anilines is 1. The van der Waals surface area contributed by atoms with E-state index in [0.717, 1.165) is 39.3 Å². The summed E-state index contributed by atoms with van der Waals surface area (Å²) in [5, 5.41) is 2.85. The van der Waals surface area contributed by atoms with Crippen LogP contribution in [0.25, 0.3) is 0 Å². The molecular weight excluding hydrogens is 452 g/mol.